The highest BCUT2D eigenvalue weighted by molar-refractivity contribution is 7.98. The third kappa shape index (κ3) is 4.12. The maximum absolute atomic E-state index is 12.9. The zero-order chi connectivity index (χ0) is 17.8. The molecule has 0 amide bonds. The van der Waals surface area contributed by atoms with E-state index in [-0.39, 0.29) is 18.1 Å². The number of benzene rings is 1. The van der Waals surface area contributed by atoms with Crippen LogP contribution in [0.25, 0.3) is 0 Å². The molecule has 2 aromatic heterocycles. The largest absolute Gasteiger partial charge is 0.486 e. The van der Waals surface area contributed by atoms with Crippen molar-refractivity contribution in [2.75, 3.05) is 0 Å². The van der Waals surface area contributed by atoms with Crippen LogP contribution >= 0.6 is 11.8 Å². The van der Waals surface area contributed by atoms with Crippen molar-refractivity contribution in [2.45, 2.75) is 17.6 Å². The van der Waals surface area contributed by atoms with E-state index in [9.17, 15) is 14.5 Å². The zero-order valence-electron chi connectivity index (χ0n) is 13.1. The van der Waals surface area contributed by atoms with Crippen molar-refractivity contribution in [1.82, 2.24) is 24.5 Å². The molecule has 9 nitrogen and oxygen atoms in total. The molecule has 0 aliphatic heterocycles. The molecule has 3 aromatic rings. The van der Waals surface area contributed by atoms with Gasteiger partial charge in [-0.25, -0.2) is 4.39 Å². The Morgan fingerprint density at radius 2 is 2.08 bits per heavy atom. The number of hydrogen-bond acceptors (Lipinski definition) is 7. The van der Waals surface area contributed by atoms with Crippen molar-refractivity contribution in [3.63, 3.8) is 0 Å². The molecule has 0 fully saturated rings. The van der Waals surface area contributed by atoms with Crippen LogP contribution < -0.4 is 4.74 Å². The molecule has 0 radical (unpaired) electrons. The van der Waals surface area contributed by atoms with E-state index in [1.54, 1.807) is 11.6 Å². The smallest absolute Gasteiger partial charge is 0.307 e. The minimum Gasteiger partial charge on any atom is -0.486 e. The summed E-state index contributed by atoms with van der Waals surface area (Å²) in [6.07, 6.45) is 2.54. The highest BCUT2D eigenvalue weighted by atomic mass is 32.2. The van der Waals surface area contributed by atoms with Crippen LogP contribution in [0.3, 0.4) is 0 Å². The first kappa shape index (κ1) is 16.9. The predicted molar refractivity (Wildman–Crippen MR) is 86.5 cm³/mol. The molecular formula is C14H13FN6O3S. The summed E-state index contributed by atoms with van der Waals surface area (Å²) >= 11 is 1.33. The van der Waals surface area contributed by atoms with Gasteiger partial charge in [0.2, 0.25) is 0 Å². The number of aromatic nitrogens is 5. The molecule has 2 heterocycles. The molecule has 130 valence electrons. The minimum absolute atomic E-state index is 0.0630. The van der Waals surface area contributed by atoms with Crippen LogP contribution in [0.15, 0.2) is 41.8 Å². The molecule has 0 N–H and O–H groups in total. The maximum atomic E-state index is 12.9. The summed E-state index contributed by atoms with van der Waals surface area (Å²) in [7, 11) is 1.79. The van der Waals surface area contributed by atoms with Crippen LogP contribution in [-0.2, 0) is 19.5 Å². The number of rotatable bonds is 7. The second-order valence-electron chi connectivity index (χ2n) is 4.97. The maximum Gasteiger partial charge on any atom is 0.307 e. The van der Waals surface area contributed by atoms with Gasteiger partial charge in [-0.2, -0.15) is 5.10 Å². The second-order valence-corrected chi connectivity index (χ2v) is 5.88. The lowest BCUT2D eigenvalue weighted by atomic mass is 10.3. The molecule has 0 saturated heterocycles. The Bertz CT molecular complexity index is 879. The van der Waals surface area contributed by atoms with Gasteiger partial charge in [0.1, 0.15) is 30.6 Å². The van der Waals surface area contributed by atoms with Crippen molar-refractivity contribution >= 4 is 17.4 Å². The fraction of sp³-hybridized carbons (Fsp3) is 0.214. The summed E-state index contributed by atoms with van der Waals surface area (Å²) < 4.78 is 21.6. The van der Waals surface area contributed by atoms with Crippen LogP contribution in [-0.4, -0.2) is 29.5 Å². The Hall–Kier alpha value is -2.95. The Balaban J connectivity index is 1.58. The van der Waals surface area contributed by atoms with Crippen LogP contribution in [0.5, 0.6) is 5.75 Å². The molecule has 0 aliphatic rings. The summed E-state index contributed by atoms with van der Waals surface area (Å²) in [5.41, 5.74) is -0.0630. The summed E-state index contributed by atoms with van der Waals surface area (Å²) in [5.74, 6) is 1.16. The van der Waals surface area contributed by atoms with Crippen LogP contribution in [0.1, 0.15) is 5.82 Å². The molecule has 11 heteroatoms. The van der Waals surface area contributed by atoms with Crippen molar-refractivity contribution < 1.29 is 14.1 Å². The molecule has 0 aliphatic carbocycles. The fourth-order valence-electron chi connectivity index (χ4n) is 1.92. The van der Waals surface area contributed by atoms with Gasteiger partial charge in [-0.3, -0.25) is 14.8 Å². The first-order valence-corrected chi connectivity index (χ1v) is 8.08. The van der Waals surface area contributed by atoms with E-state index < -0.39 is 4.92 Å². The third-order valence-corrected chi connectivity index (χ3v) is 4.27. The third-order valence-electron chi connectivity index (χ3n) is 3.26. The Morgan fingerprint density at radius 1 is 1.32 bits per heavy atom. The van der Waals surface area contributed by atoms with Crippen molar-refractivity contribution in [1.29, 1.82) is 0 Å². The summed E-state index contributed by atoms with van der Waals surface area (Å²) in [4.78, 5) is 10.1. The average molecular weight is 364 g/mol. The molecule has 0 spiro atoms. The van der Waals surface area contributed by atoms with E-state index >= 15 is 0 Å². The van der Waals surface area contributed by atoms with Gasteiger partial charge in [-0.1, -0.05) is 11.8 Å². The van der Waals surface area contributed by atoms with Gasteiger partial charge in [0.05, 0.1) is 10.8 Å². The highest BCUT2D eigenvalue weighted by Gasteiger charge is 2.12. The van der Waals surface area contributed by atoms with Gasteiger partial charge >= 0.3 is 5.69 Å². The van der Waals surface area contributed by atoms with E-state index in [1.807, 2.05) is 0 Å². The SMILES string of the molecule is Cn1c(COc2ccc(F)cc2)nnc1SCn1cc([N+](=O)[O-])cn1. The van der Waals surface area contributed by atoms with E-state index in [2.05, 4.69) is 15.3 Å². The molecular weight excluding hydrogens is 351 g/mol. The van der Waals surface area contributed by atoms with Crippen molar-refractivity contribution in [2.24, 2.45) is 7.05 Å². The van der Waals surface area contributed by atoms with Crippen molar-refractivity contribution in [3.05, 3.63) is 58.4 Å². The van der Waals surface area contributed by atoms with Gasteiger partial charge in [0, 0.05) is 7.05 Å². The number of halogens is 1. The number of thioether (sulfide) groups is 1. The number of nitrogens with zero attached hydrogens (tertiary/aromatic N) is 6. The first-order chi connectivity index (χ1) is 12.0. The Morgan fingerprint density at radius 3 is 2.76 bits per heavy atom. The lowest BCUT2D eigenvalue weighted by molar-refractivity contribution is -0.385. The van der Waals surface area contributed by atoms with Gasteiger partial charge in [0.25, 0.3) is 0 Å². The quantitative estimate of drug-likeness (QED) is 0.360. The molecule has 0 atom stereocenters. The standard InChI is InChI=1S/C14H13FN6O3S/c1-19-13(8-24-12-4-2-10(15)3-5-12)17-18-14(19)25-9-20-7-11(6-16-20)21(22)23/h2-7H,8-9H2,1H3. The van der Waals surface area contributed by atoms with Crippen LogP contribution in [0.2, 0.25) is 0 Å². The monoisotopic (exact) mass is 364 g/mol. The Labute approximate surface area is 145 Å². The molecule has 0 saturated carbocycles. The predicted octanol–water partition coefficient (Wildman–Crippen LogP) is 2.39. The van der Waals surface area contributed by atoms with Gasteiger partial charge in [-0.05, 0) is 24.3 Å². The van der Waals surface area contributed by atoms with E-state index in [4.69, 9.17) is 4.74 Å². The van der Waals surface area contributed by atoms with Gasteiger partial charge in [0.15, 0.2) is 11.0 Å². The normalized spacial score (nSPS) is 10.8. The number of nitro groups is 1. The minimum atomic E-state index is -0.499. The molecule has 25 heavy (non-hydrogen) atoms. The van der Waals surface area contributed by atoms with E-state index in [0.29, 0.717) is 22.6 Å². The van der Waals surface area contributed by atoms with E-state index in [1.165, 1.54) is 53.1 Å². The van der Waals surface area contributed by atoms with Gasteiger partial charge < -0.3 is 9.30 Å². The van der Waals surface area contributed by atoms with Crippen molar-refractivity contribution in [3.8, 4) is 5.75 Å². The average Bonchev–Trinajstić information content (AvgIpc) is 3.20. The molecule has 3 rings (SSSR count). The summed E-state index contributed by atoms with van der Waals surface area (Å²) in [6, 6.07) is 5.70. The van der Waals surface area contributed by atoms with Crippen LogP contribution in [0, 0.1) is 15.9 Å². The van der Waals surface area contributed by atoms with Gasteiger partial charge in [-0.15, -0.1) is 10.2 Å². The number of hydrogen-bond donors (Lipinski definition) is 0. The lowest BCUT2D eigenvalue weighted by Gasteiger charge is -2.06. The fourth-order valence-corrected chi connectivity index (χ4v) is 2.70. The lowest BCUT2D eigenvalue weighted by Crippen LogP contribution is -2.04. The first-order valence-electron chi connectivity index (χ1n) is 7.09. The summed E-state index contributed by atoms with van der Waals surface area (Å²) in [5, 5.41) is 23.3. The number of ether oxygens (including phenoxy) is 1. The van der Waals surface area contributed by atoms with E-state index in [0.717, 1.165) is 0 Å². The topological polar surface area (TPSA) is 101 Å². The molecule has 0 unspecified atom stereocenters. The van der Waals surface area contributed by atoms with Crippen LogP contribution in [0.4, 0.5) is 10.1 Å². The second kappa shape index (κ2) is 7.30. The molecule has 1 aromatic carbocycles. The Kier molecular flexibility index (Phi) is 4.93. The highest BCUT2D eigenvalue weighted by Crippen LogP contribution is 2.20. The zero-order valence-corrected chi connectivity index (χ0v) is 13.9. The summed E-state index contributed by atoms with van der Waals surface area (Å²) in [6.45, 7) is 0.183. The molecule has 0 bridgehead atoms.